The minimum atomic E-state index is -0.466. The van der Waals surface area contributed by atoms with Crippen molar-refractivity contribution in [2.24, 2.45) is 5.10 Å². The quantitative estimate of drug-likeness (QED) is 0.475. The maximum atomic E-state index is 11.4. The van der Waals surface area contributed by atoms with Crippen molar-refractivity contribution in [1.29, 1.82) is 0 Å². The summed E-state index contributed by atoms with van der Waals surface area (Å²) in [6.07, 6.45) is 1.64. The highest BCUT2D eigenvalue weighted by Gasteiger charge is 2.18. The van der Waals surface area contributed by atoms with Crippen molar-refractivity contribution in [3.05, 3.63) is 45.5 Å². The van der Waals surface area contributed by atoms with Crippen LogP contribution in [0.2, 0.25) is 0 Å². The van der Waals surface area contributed by atoms with Gasteiger partial charge < -0.3 is 0 Å². The zero-order valence-electron chi connectivity index (χ0n) is 9.01. The van der Waals surface area contributed by atoms with Crippen molar-refractivity contribution < 1.29 is 9.72 Å². The first-order chi connectivity index (χ1) is 8.08. The minimum absolute atomic E-state index is 0.0217. The Hall–Kier alpha value is -2.50. The lowest BCUT2D eigenvalue weighted by molar-refractivity contribution is -0.384. The Bertz CT molecular complexity index is 544. The number of benzene rings is 1. The lowest BCUT2D eigenvalue weighted by Gasteiger charge is -1.96. The average Bonchev–Trinajstić information content (AvgIpc) is 2.61. The molecule has 1 aromatic carbocycles. The molecule has 6 nitrogen and oxygen atoms in total. The van der Waals surface area contributed by atoms with Crippen LogP contribution in [-0.4, -0.2) is 16.5 Å². The van der Waals surface area contributed by atoms with Crippen LogP contribution in [0.15, 0.2) is 34.9 Å². The van der Waals surface area contributed by atoms with E-state index in [1.165, 1.54) is 12.1 Å². The van der Waals surface area contributed by atoms with Crippen LogP contribution in [-0.2, 0) is 4.79 Å². The SMILES string of the molecule is CC1=NNC(=O)/C1=C\c1ccc([N+](=O)[O-])cc1. The van der Waals surface area contributed by atoms with Gasteiger partial charge in [0.05, 0.1) is 16.2 Å². The zero-order chi connectivity index (χ0) is 12.4. The fourth-order valence-electron chi connectivity index (χ4n) is 1.45. The molecule has 0 aliphatic carbocycles. The number of carbonyl (C=O) groups is 1. The predicted molar refractivity (Wildman–Crippen MR) is 62.3 cm³/mol. The monoisotopic (exact) mass is 231 g/mol. The molecule has 0 bridgehead atoms. The molecule has 1 aliphatic heterocycles. The number of carbonyl (C=O) groups excluding carboxylic acids is 1. The average molecular weight is 231 g/mol. The number of amides is 1. The van der Waals surface area contributed by atoms with Crippen LogP contribution in [0.4, 0.5) is 5.69 Å². The van der Waals surface area contributed by atoms with Gasteiger partial charge >= 0.3 is 0 Å². The van der Waals surface area contributed by atoms with Gasteiger partial charge in [-0.15, -0.1) is 0 Å². The summed E-state index contributed by atoms with van der Waals surface area (Å²) in [5.41, 5.74) is 4.16. The second-order valence-corrected chi connectivity index (χ2v) is 3.54. The molecule has 0 atom stereocenters. The van der Waals surface area contributed by atoms with E-state index in [0.29, 0.717) is 11.3 Å². The summed E-state index contributed by atoms with van der Waals surface area (Å²) in [7, 11) is 0. The molecular formula is C11H9N3O3. The van der Waals surface area contributed by atoms with Crippen LogP contribution in [0.25, 0.3) is 6.08 Å². The topological polar surface area (TPSA) is 84.6 Å². The van der Waals surface area contributed by atoms with E-state index in [4.69, 9.17) is 0 Å². The highest BCUT2D eigenvalue weighted by atomic mass is 16.6. The van der Waals surface area contributed by atoms with E-state index < -0.39 is 4.92 Å². The van der Waals surface area contributed by atoms with E-state index >= 15 is 0 Å². The number of non-ortho nitro benzene ring substituents is 1. The highest BCUT2D eigenvalue weighted by molar-refractivity contribution is 6.26. The van der Waals surface area contributed by atoms with Gasteiger partial charge in [0.25, 0.3) is 11.6 Å². The molecule has 1 aliphatic rings. The van der Waals surface area contributed by atoms with Crippen LogP contribution < -0.4 is 5.43 Å². The number of hydrogen-bond acceptors (Lipinski definition) is 4. The van der Waals surface area contributed by atoms with Crippen LogP contribution in [0.5, 0.6) is 0 Å². The van der Waals surface area contributed by atoms with E-state index in [2.05, 4.69) is 10.5 Å². The Morgan fingerprint density at radius 3 is 2.47 bits per heavy atom. The molecule has 0 fully saturated rings. The Balaban J connectivity index is 2.30. The molecule has 0 saturated heterocycles. The maximum Gasteiger partial charge on any atom is 0.273 e. The first kappa shape index (κ1) is 11.0. The summed E-state index contributed by atoms with van der Waals surface area (Å²) in [4.78, 5) is 21.4. The van der Waals surface area contributed by atoms with Crippen LogP contribution in [0, 0.1) is 10.1 Å². The fraction of sp³-hybridized carbons (Fsp3) is 0.0909. The van der Waals surface area contributed by atoms with Crippen molar-refractivity contribution in [2.75, 3.05) is 0 Å². The third-order valence-electron chi connectivity index (χ3n) is 2.37. The van der Waals surface area contributed by atoms with Crippen molar-refractivity contribution in [2.45, 2.75) is 6.92 Å². The van der Waals surface area contributed by atoms with Gasteiger partial charge in [-0.05, 0) is 30.7 Å². The van der Waals surface area contributed by atoms with Crippen molar-refractivity contribution in [3.8, 4) is 0 Å². The second-order valence-electron chi connectivity index (χ2n) is 3.54. The molecule has 1 amide bonds. The van der Waals surface area contributed by atoms with Crippen LogP contribution >= 0.6 is 0 Å². The van der Waals surface area contributed by atoms with Gasteiger partial charge in [-0.25, -0.2) is 5.43 Å². The van der Waals surface area contributed by atoms with Crippen LogP contribution in [0.1, 0.15) is 12.5 Å². The molecule has 0 spiro atoms. The molecule has 0 radical (unpaired) electrons. The normalized spacial score (nSPS) is 16.9. The molecular weight excluding hydrogens is 222 g/mol. The highest BCUT2D eigenvalue weighted by Crippen LogP contribution is 2.16. The van der Waals surface area contributed by atoms with Gasteiger partial charge in [-0.2, -0.15) is 5.10 Å². The van der Waals surface area contributed by atoms with Gasteiger partial charge in [0, 0.05) is 12.1 Å². The van der Waals surface area contributed by atoms with Crippen molar-refractivity contribution >= 4 is 23.4 Å². The molecule has 2 rings (SSSR count). The van der Waals surface area contributed by atoms with E-state index in [-0.39, 0.29) is 11.6 Å². The van der Waals surface area contributed by atoms with Crippen LogP contribution in [0.3, 0.4) is 0 Å². The van der Waals surface area contributed by atoms with E-state index in [1.54, 1.807) is 25.1 Å². The van der Waals surface area contributed by atoms with Crippen molar-refractivity contribution in [3.63, 3.8) is 0 Å². The minimum Gasteiger partial charge on any atom is -0.267 e. The second kappa shape index (κ2) is 4.17. The number of nitrogens with one attached hydrogen (secondary N) is 1. The summed E-state index contributed by atoms with van der Waals surface area (Å²) in [5.74, 6) is -0.263. The first-order valence-corrected chi connectivity index (χ1v) is 4.89. The Morgan fingerprint density at radius 1 is 1.35 bits per heavy atom. The molecule has 0 saturated carbocycles. The number of nitrogens with zero attached hydrogens (tertiary/aromatic N) is 2. The summed E-state index contributed by atoms with van der Waals surface area (Å²) >= 11 is 0. The van der Waals surface area contributed by atoms with Gasteiger partial charge in [-0.3, -0.25) is 14.9 Å². The lowest BCUT2D eigenvalue weighted by Crippen LogP contribution is -2.12. The third-order valence-corrected chi connectivity index (χ3v) is 2.37. The third kappa shape index (κ3) is 2.20. The Labute approximate surface area is 96.8 Å². The Morgan fingerprint density at radius 2 is 2.00 bits per heavy atom. The maximum absolute atomic E-state index is 11.4. The number of hydrogen-bond donors (Lipinski definition) is 1. The first-order valence-electron chi connectivity index (χ1n) is 4.89. The number of rotatable bonds is 2. The summed E-state index contributed by atoms with van der Waals surface area (Å²) in [6, 6.07) is 5.96. The predicted octanol–water partition coefficient (Wildman–Crippen LogP) is 1.48. The summed E-state index contributed by atoms with van der Waals surface area (Å²) in [5, 5.41) is 14.2. The standard InChI is InChI=1S/C11H9N3O3/c1-7-10(11(15)13-12-7)6-8-2-4-9(5-3-8)14(16)17/h2-6H,1H3,(H,13,15)/b10-6-. The van der Waals surface area contributed by atoms with E-state index in [9.17, 15) is 14.9 Å². The molecule has 6 heteroatoms. The number of nitro benzene ring substituents is 1. The molecule has 86 valence electrons. The molecule has 1 aromatic rings. The Kier molecular flexibility index (Phi) is 2.70. The molecule has 1 N–H and O–H groups in total. The molecule has 0 aromatic heterocycles. The number of nitro groups is 1. The summed E-state index contributed by atoms with van der Waals surface area (Å²) in [6.45, 7) is 1.72. The fourth-order valence-corrected chi connectivity index (χ4v) is 1.45. The molecule has 0 unspecified atom stereocenters. The zero-order valence-corrected chi connectivity index (χ0v) is 9.01. The smallest absolute Gasteiger partial charge is 0.267 e. The van der Waals surface area contributed by atoms with Gasteiger partial charge in [0.2, 0.25) is 0 Å². The molecule has 1 heterocycles. The van der Waals surface area contributed by atoms with Gasteiger partial charge in [-0.1, -0.05) is 0 Å². The van der Waals surface area contributed by atoms with Gasteiger partial charge in [0.15, 0.2) is 0 Å². The lowest BCUT2D eigenvalue weighted by atomic mass is 10.1. The summed E-state index contributed by atoms with van der Waals surface area (Å²) < 4.78 is 0. The van der Waals surface area contributed by atoms with E-state index in [0.717, 1.165) is 5.56 Å². The molecule has 17 heavy (non-hydrogen) atoms. The van der Waals surface area contributed by atoms with Crippen molar-refractivity contribution in [1.82, 2.24) is 5.43 Å². The number of hydrazone groups is 1. The van der Waals surface area contributed by atoms with E-state index in [1.807, 2.05) is 0 Å². The largest absolute Gasteiger partial charge is 0.273 e. The van der Waals surface area contributed by atoms with Gasteiger partial charge in [0.1, 0.15) is 0 Å².